The third-order valence-electron chi connectivity index (χ3n) is 4.44. The number of aliphatic hydroxyl groups is 1. The van der Waals surface area contributed by atoms with Crippen LogP contribution in [0.1, 0.15) is 24.2 Å². The van der Waals surface area contributed by atoms with Gasteiger partial charge in [-0.1, -0.05) is 12.1 Å². The van der Waals surface area contributed by atoms with Crippen LogP contribution in [0.15, 0.2) is 47.1 Å². The van der Waals surface area contributed by atoms with E-state index >= 15 is 0 Å². The number of furan rings is 1. The fourth-order valence-corrected chi connectivity index (χ4v) is 3.32. The molecule has 1 saturated heterocycles. The van der Waals surface area contributed by atoms with Crippen LogP contribution in [-0.2, 0) is 17.8 Å². The van der Waals surface area contributed by atoms with Gasteiger partial charge >= 0.3 is 0 Å². The lowest BCUT2D eigenvalue weighted by Crippen LogP contribution is -2.39. The number of likely N-dealkylation sites (tertiary alicyclic amines) is 1. The standard InChI is InChI=1S/C19H24FNO3/c20-16-5-1-4-15(10-16)11-17-6-2-8-21(17)12-18(22)13-23-14-19-7-3-9-24-19/h1,3-5,7,9-10,17-18,22H,2,6,8,11-14H2. The molecule has 1 aliphatic heterocycles. The van der Waals surface area contributed by atoms with E-state index in [2.05, 4.69) is 4.90 Å². The summed E-state index contributed by atoms with van der Waals surface area (Å²) in [5.41, 5.74) is 1.01. The fourth-order valence-electron chi connectivity index (χ4n) is 3.32. The SMILES string of the molecule is OC(COCc1ccco1)CN1CCCC1Cc1cccc(F)c1. The summed E-state index contributed by atoms with van der Waals surface area (Å²) in [7, 11) is 0. The van der Waals surface area contributed by atoms with Gasteiger partial charge in [0.1, 0.15) is 18.2 Å². The molecular weight excluding hydrogens is 309 g/mol. The zero-order valence-electron chi connectivity index (χ0n) is 13.7. The van der Waals surface area contributed by atoms with Crippen LogP contribution in [0, 0.1) is 5.82 Å². The highest BCUT2D eigenvalue weighted by Gasteiger charge is 2.26. The lowest BCUT2D eigenvalue weighted by molar-refractivity contribution is 0.00324. The van der Waals surface area contributed by atoms with Gasteiger partial charge < -0.3 is 14.3 Å². The van der Waals surface area contributed by atoms with Crippen molar-refractivity contribution in [3.63, 3.8) is 0 Å². The minimum atomic E-state index is -0.534. The molecule has 2 heterocycles. The zero-order chi connectivity index (χ0) is 16.8. The van der Waals surface area contributed by atoms with E-state index in [-0.39, 0.29) is 12.4 Å². The smallest absolute Gasteiger partial charge is 0.129 e. The van der Waals surface area contributed by atoms with E-state index in [1.807, 2.05) is 18.2 Å². The maximum atomic E-state index is 13.3. The highest BCUT2D eigenvalue weighted by atomic mass is 19.1. The monoisotopic (exact) mass is 333 g/mol. The Kier molecular flexibility index (Phi) is 6.01. The van der Waals surface area contributed by atoms with E-state index in [0.29, 0.717) is 19.2 Å². The van der Waals surface area contributed by atoms with Gasteiger partial charge in [-0.25, -0.2) is 4.39 Å². The van der Waals surface area contributed by atoms with Crippen molar-refractivity contribution in [3.05, 3.63) is 59.8 Å². The van der Waals surface area contributed by atoms with Crippen LogP contribution in [0.25, 0.3) is 0 Å². The summed E-state index contributed by atoms with van der Waals surface area (Å²) >= 11 is 0. The molecule has 2 aromatic rings. The summed E-state index contributed by atoms with van der Waals surface area (Å²) in [6.07, 6.45) is 4.08. The predicted octanol–water partition coefficient (Wildman–Crippen LogP) is 3.00. The summed E-state index contributed by atoms with van der Waals surface area (Å²) in [5.74, 6) is 0.566. The maximum absolute atomic E-state index is 13.3. The number of β-amino-alcohol motifs (C(OH)–C–C–N with tert-alkyl or cyclic N) is 1. The fraction of sp³-hybridized carbons (Fsp3) is 0.474. The second-order valence-electron chi connectivity index (χ2n) is 6.37. The van der Waals surface area contributed by atoms with Gasteiger partial charge in [0, 0.05) is 12.6 Å². The number of halogens is 1. The Labute approximate surface area is 141 Å². The molecule has 2 unspecified atom stereocenters. The number of ether oxygens (including phenoxy) is 1. The highest BCUT2D eigenvalue weighted by molar-refractivity contribution is 5.17. The molecule has 1 fully saturated rings. The molecule has 5 heteroatoms. The Morgan fingerprint density at radius 1 is 1.33 bits per heavy atom. The van der Waals surface area contributed by atoms with Crippen LogP contribution in [0.5, 0.6) is 0 Å². The average Bonchev–Trinajstić information content (AvgIpc) is 3.20. The molecule has 3 rings (SSSR count). The van der Waals surface area contributed by atoms with Gasteiger partial charge in [-0.3, -0.25) is 4.90 Å². The van der Waals surface area contributed by atoms with E-state index in [1.54, 1.807) is 18.4 Å². The van der Waals surface area contributed by atoms with Crippen LogP contribution in [0.4, 0.5) is 4.39 Å². The average molecular weight is 333 g/mol. The molecule has 0 bridgehead atoms. The van der Waals surface area contributed by atoms with Crippen molar-refractivity contribution >= 4 is 0 Å². The second kappa shape index (κ2) is 8.42. The van der Waals surface area contributed by atoms with Gasteiger partial charge in [-0.15, -0.1) is 0 Å². The molecule has 0 saturated carbocycles. The Morgan fingerprint density at radius 3 is 3.04 bits per heavy atom. The third kappa shape index (κ3) is 4.90. The van der Waals surface area contributed by atoms with Crippen LogP contribution in [0.3, 0.4) is 0 Å². The van der Waals surface area contributed by atoms with Crippen molar-refractivity contribution in [2.45, 2.75) is 38.0 Å². The van der Waals surface area contributed by atoms with E-state index in [9.17, 15) is 9.50 Å². The molecule has 130 valence electrons. The van der Waals surface area contributed by atoms with Gasteiger partial charge in [0.25, 0.3) is 0 Å². The largest absolute Gasteiger partial charge is 0.467 e. The van der Waals surface area contributed by atoms with Crippen molar-refractivity contribution in [2.24, 2.45) is 0 Å². The van der Waals surface area contributed by atoms with Gasteiger partial charge in [-0.2, -0.15) is 0 Å². The summed E-state index contributed by atoms with van der Waals surface area (Å²) in [6, 6.07) is 10.8. The number of aliphatic hydroxyl groups excluding tert-OH is 1. The molecule has 1 aliphatic rings. The summed E-state index contributed by atoms with van der Waals surface area (Å²) in [5, 5.41) is 10.2. The molecule has 1 N–H and O–H groups in total. The van der Waals surface area contributed by atoms with Crippen molar-refractivity contribution in [3.8, 4) is 0 Å². The number of rotatable bonds is 8. The van der Waals surface area contributed by atoms with Crippen LogP contribution >= 0.6 is 0 Å². The first kappa shape index (κ1) is 17.1. The maximum Gasteiger partial charge on any atom is 0.129 e. The van der Waals surface area contributed by atoms with E-state index in [4.69, 9.17) is 9.15 Å². The molecule has 2 atom stereocenters. The zero-order valence-corrected chi connectivity index (χ0v) is 13.7. The lowest BCUT2D eigenvalue weighted by atomic mass is 10.0. The molecule has 0 aliphatic carbocycles. The summed E-state index contributed by atoms with van der Waals surface area (Å²) < 4.78 is 24.0. The number of hydrogen-bond donors (Lipinski definition) is 1. The first-order valence-electron chi connectivity index (χ1n) is 8.47. The van der Waals surface area contributed by atoms with Gasteiger partial charge in [0.2, 0.25) is 0 Å². The first-order valence-corrected chi connectivity index (χ1v) is 8.47. The number of hydrogen-bond acceptors (Lipinski definition) is 4. The first-order chi connectivity index (χ1) is 11.7. The molecule has 1 aromatic carbocycles. The molecule has 0 spiro atoms. The summed E-state index contributed by atoms with van der Waals surface area (Å²) in [4.78, 5) is 2.28. The van der Waals surface area contributed by atoms with Crippen molar-refractivity contribution in [1.29, 1.82) is 0 Å². The van der Waals surface area contributed by atoms with E-state index < -0.39 is 6.10 Å². The van der Waals surface area contributed by atoms with Crippen LogP contribution in [-0.4, -0.2) is 41.8 Å². The van der Waals surface area contributed by atoms with Gasteiger partial charge in [0.05, 0.1) is 19.0 Å². The number of nitrogens with zero attached hydrogens (tertiary/aromatic N) is 1. The predicted molar refractivity (Wildman–Crippen MR) is 89.1 cm³/mol. The molecular formula is C19H24FNO3. The third-order valence-corrected chi connectivity index (χ3v) is 4.44. The molecule has 0 amide bonds. The van der Waals surface area contributed by atoms with Crippen LogP contribution < -0.4 is 0 Å². The topological polar surface area (TPSA) is 45.8 Å². The number of benzene rings is 1. The Morgan fingerprint density at radius 2 is 2.25 bits per heavy atom. The van der Waals surface area contributed by atoms with Crippen LogP contribution in [0.2, 0.25) is 0 Å². The van der Waals surface area contributed by atoms with E-state index in [0.717, 1.165) is 37.1 Å². The normalized spacial score (nSPS) is 19.7. The molecule has 1 aromatic heterocycles. The molecule has 24 heavy (non-hydrogen) atoms. The Bertz CT molecular complexity index is 617. The van der Waals surface area contributed by atoms with Crippen molar-refractivity contribution < 1.29 is 18.7 Å². The molecule has 4 nitrogen and oxygen atoms in total. The minimum Gasteiger partial charge on any atom is -0.467 e. The van der Waals surface area contributed by atoms with Crippen molar-refractivity contribution in [1.82, 2.24) is 4.90 Å². The Hall–Kier alpha value is -1.69. The minimum absolute atomic E-state index is 0.191. The second-order valence-corrected chi connectivity index (χ2v) is 6.37. The quantitative estimate of drug-likeness (QED) is 0.807. The Balaban J connectivity index is 1.44. The highest BCUT2D eigenvalue weighted by Crippen LogP contribution is 2.21. The van der Waals surface area contributed by atoms with Gasteiger partial charge in [0.15, 0.2) is 0 Å². The van der Waals surface area contributed by atoms with Gasteiger partial charge in [-0.05, 0) is 55.6 Å². The lowest BCUT2D eigenvalue weighted by Gasteiger charge is -2.27. The summed E-state index contributed by atoms with van der Waals surface area (Å²) in [6.45, 7) is 2.20. The van der Waals surface area contributed by atoms with E-state index in [1.165, 1.54) is 6.07 Å². The van der Waals surface area contributed by atoms with Crippen molar-refractivity contribution in [2.75, 3.05) is 19.7 Å². The molecule has 0 radical (unpaired) electrons.